The highest BCUT2D eigenvalue weighted by Gasteiger charge is 2.15. The number of aryl methyl sites for hydroxylation is 1. The van der Waals surface area contributed by atoms with Gasteiger partial charge < -0.3 is 10.6 Å². The number of nitrogens with zero attached hydrogens (tertiary/aromatic N) is 3. The lowest BCUT2D eigenvalue weighted by Gasteiger charge is -2.23. The fraction of sp³-hybridized carbons (Fsp3) is 0.636. The minimum atomic E-state index is -0.503. The van der Waals surface area contributed by atoms with Gasteiger partial charge in [0.1, 0.15) is 12.4 Å². The SMILES string of the molecule is Cl.O=C(CCn1cc([N+](=O)[O-])cn1)NC1CCCNC1. The van der Waals surface area contributed by atoms with Crippen molar-refractivity contribution in [2.45, 2.75) is 31.8 Å². The fourth-order valence-electron chi connectivity index (χ4n) is 2.06. The van der Waals surface area contributed by atoms with Crippen molar-refractivity contribution in [1.82, 2.24) is 20.4 Å². The second kappa shape index (κ2) is 7.81. The topological polar surface area (TPSA) is 102 Å². The molecule has 0 radical (unpaired) electrons. The van der Waals surface area contributed by atoms with Crippen LogP contribution in [0.25, 0.3) is 0 Å². The maximum absolute atomic E-state index is 11.7. The lowest BCUT2D eigenvalue weighted by Crippen LogP contribution is -2.45. The highest BCUT2D eigenvalue weighted by atomic mass is 35.5. The summed E-state index contributed by atoms with van der Waals surface area (Å²) in [6.45, 7) is 2.15. The van der Waals surface area contributed by atoms with Gasteiger partial charge in [0, 0.05) is 25.6 Å². The molecule has 0 aliphatic carbocycles. The van der Waals surface area contributed by atoms with Crippen molar-refractivity contribution >= 4 is 24.0 Å². The third-order valence-electron chi connectivity index (χ3n) is 3.06. The Bertz CT molecular complexity index is 459. The van der Waals surface area contributed by atoms with Crippen LogP contribution in [-0.4, -0.2) is 39.7 Å². The van der Waals surface area contributed by atoms with Crippen LogP contribution >= 0.6 is 12.4 Å². The molecule has 1 aliphatic rings. The number of halogens is 1. The fourth-order valence-corrected chi connectivity index (χ4v) is 2.06. The molecule has 2 heterocycles. The van der Waals surface area contributed by atoms with E-state index in [-0.39, 0.29) is 36.5 Å². The van der Waals surface area contributed by atoms with Gasteiger partial charge in [0.25, 0.3) is 0 Å². The summed E-state index contributed by atoms with van der Waals surface area (Å²) < 4.78 is 1.41. The molecule has 1 unspecified atom stereocenters. The van der Waals surface area contributed by atoms with E-state index >= 15 is 0 Å². The molecule has 8 nitrogen and oxygen atoms in total. The summed E-state index contributed by atoms with van der Waals surface area (Å²) in [4.78, 5) is 21.7. The molecule has 1 aliphatic heterocycles. The van der Waals surface area contributed by atoms with E-state index in [2.05, 4.69) is 15.7 Å². The van der Waals surface area contributed by atoms with E-state index in [1.165, 1.54) is 17.1 Å². The molecule has 0 spiro atoms. The van der Waals surface area contributed by atoms with E-state index in [1.54, 1.807) is 0 Å². The van der Waals surface area contributed by atoms with Crippen LogP contribution in [0.5, 0.6) is 0 Å². The van der Waals surface area contributed by atoms with Crippen molar-refractivity contribution in [2.24, 2.45) is 0 Å². The Kier molecular flexibility index (Phi) is 6.40. The molecule has 0 saturated carbocycles. The average molecular weight is 304 g/mol. The average Bonchev–Trinajstić information content (AvgIpc) is 2.86. The zero-order chi connectivity index (χ0) is 13.7. The molecular formula is C11H18ClN5O3. The smallest absolute Gasteiger partial charge is 0.306 e. The van der Waals surface area contributed by atoms with Crippen LogP contribution in [0.2, 0.25) is 0 Å². The van der Waals surface area contributed by atoms with Crippen molar-refractivity contribution in [3.8, 4) is 0 Å². The zero-order valence-electron chi connectivity index (χ0n) is 10.9. The summed E-state index contributed by atoms with van der Waals surface area (Å²) in [6, 6.07) is 0.188. The van der Waals surface area contributed by atoms with Gasteiger partial charge in [0.15, 0.2) is 0 Å². The molecule has 112 valence electrons. The van der Waals surface area contributed by atoms with Gasteiger partial charge in [-0.05, 0) is 19.4 Å². The van der Waals surface area contributed by atoms with Crippen molar-refractivity contribution < 1.29 is 9.72 Å². The minimum absolute atomic E-state index is 0. The molecular weight excluding hydrogens is 286 g/mol. The number of aromatic nitrogens is 2. The maximum atomic E-state index is 11.7. The van der Waals surface area contributed by atoms with Gasteiger partial charge in [-0.15, -0.1) is 12.4 Å². The quantitative estimate of drug-likeness (QED) is 0.608. The molecule has 9 heteroatoms. The van der Waals surface area contributed by atoms with Gasteiger partial charge >= 0.3 is 5.69 Å². The van der Waals surface area contributed by atoms with Gasteiger partial charge in [0.05, 0.1) is 4.92 Å². The Morgan fingerprint density at radius 2 is 2.45 bits per heavy atom. The number of hydrogen-bond donors (Lipinski definition) is 2. The van der Waals surface area contributed by atoms with Crippen LogP contribution < -0.4 is 10.6 Å². The minimum Gasteiger partial charge on any atom is -0.352 e. The first-order valence-electron chi connectivity index (χ1n) is 6.32. The number of nitro groups is 1. The highest BCUT2D eigenvalue weighted by Crippen LogP contribution is 2.08. The number of amides is 1. The predicted octanol–water partition coefficient (Wildman–Crippen LogP) is 0.471. The number of piperidine rings is 1. The monoisotopic (exact) mass is 303 g/mol. The van der Waals surface area contributed by atoms with Crippen LogP contribution in [0.4, 0.5) is 5.69 Å². The first kappa shape index (κ1) is 16.4. The molecule has 1 atom stereocenters. The van der Waals surface area contributed by atoms with Gasteiger partial charge in [-0.25, -0.2) is 0 Å². The molecule has 2 N–H and O–H groups in total. The van der Waals surface area contributed by atoms with Crippen LogP contribution in [0, 0.1) is 10.1 Å². The van der Waals surface area contributed by atoms with Crippen LogP contribution in [0.15, 0.2) is 12.4 Å². The highest BCUT2D eigenvalue weighted by molar-refractivity contribution is 5.85. The number of carbonyl (C=O) groups is 1. The third kappa shape index (κ3) is 4.78. The summed E-state index contributed by atoms with van der Waals surface area (Å²) in [7, 11) is 0. The molecule has 1 amide bonds. The van der Waals surface area contributed by atoms with E-state index in [4.69, 9.17) is 0 Å². The molecule has 1 saturated heterocycles. The standard InChI is InChI=1S/C11H17N5O3.ClH/c17-11(14-9-2-1-4-12-6-9)3-5-15-8-10(7-13-15)16(18)19;/h7-9,12H,1-6H2,(H,14,17);1H. The van der Waals surface area contributed by atoms with Crippen LogP contribution in [0.1, 0.15) is 19.3 Å². The Labute approximate surface area is 122 Å². The van der Waals surface area contributed by atoms with E-state index in [0.29, 0.717) is 6.54 Å². The number of rotatable bonds is 5. The normalized spacial score (nSPS) is 18.1. The van der Waals surface area contributed by atoms with Crippen LogP contribution in [-0.2, 0) is 11.3 Å². The molecule has 0 bridgehead atoms. The largest absolute Gasteiger partial charge is 0.352 e. The Hall–Kier alpha value is -1.67. The summed E-state index contributed by atoms with van der Waals surface area (Å²) in [6.07, 6.45) is 4.84. The van der Waals surface area contributed by atoms with Crippen molar-refractivity contribution in [3.05, 3.63) is 22.5 Å². The lowest BCUT2D eigenvalue weighted by atomic mass is 10.1. The van der Waals surface area contributed by atoms with E-state index in [1.807, 2.05) is 0 Å². The summed E-state index contributed by atoms with van der Waals surface area (Å²) in [5.74, 6) is -0.0492. The molecule has 2 rings (SSSR count). The molecule has 20 heavy (non-hydrogen) atoms. The molecule has 1 aromatic heterocycles. The van der Waals surface area contributed by atoms with Crippen molar-refractivity contribution in [2.75, 3.05) is 13.1 Å². The van der Waals surface area contributed by atoms with Crippen LogP contribution in [0.3, 0.4) is 0 Å². The first-order valence-corrected chi connectivity index (χ1v) is 6.32. The van der Waals surface area contributed by atoms with E-state index in [9.17, 15) is 14.9 Å². The maximum Gasteiger partial charge on any atom is 0.306 e. The molecule has 1 fully saturated rings. The molecule has 0 aromatic carbocycles. The lowest BCUT2D eigenvalue weighted by molar-refractivity contribution is -0.385. The summed E-state index contributed by atoms with van der Waals surface area (Å²) in [5, 5.41) is 20.5. The number of nitrogens with one attached hydrogen (secondary N) is 2. The Morgan fingerprint density at radius 3 is 3.05 bits per heavy atom. The van der Waals surface area contributed by atoms with E-state index < -0.39 is 4.92 Å². The van der Waals surface area contributed by atoms with E-state index in [0.717, 1.165) is 25.9 Å². The predicted molar refractivity (Wildman–Crippen MR) is 74.8 cm³/mol. The molecule has 1 aromatic rings. The summed E-state index contributed by atoms with van der Waals surface area (Å²) >= 11 is 0. The van der Waals surface area contributed by atoms with Gasteiger partial charge in [-0.1, -0.05) is 0 Å². The third-order valence-corrected chi connectivity index (χ3v) is 3.06. The van der Waals surface area contributed by atoms with Gasteiger partial charge in [-0.2, -0.15) is 5.10 Å². The summed E-state index contributed by atoms with van der Waals surface area (Å²) in [5.41, 5.74) is -0.0584. The first-order chi connectivity index (χ1) is 9.15. The zero-order valence-corrected chi connectivity index (χ0v) is 11.8. The number of carbonyl (C=O) groups excluding carboxylic acids is 1. The number of hydrogen-bond acceptors (Lipinski definition) is 5. The Balaban J connectivity index is 0.00000200. The second-order valence-corrected chi connectivity index (χ2v) is 4.58. The van der Waals surface area contributed by atoms with Crippen molar-refractivity contribution in [1.29, 1.82) is 0 Å². The van der Waals surface area contributed by atoms with Crippen molar-refractivity contribution in [3.63, 3.8) is 0 Å². The Morgan fingerprint density at radius 1 is 1.65 bits per heavy atom. The van der Waals surface area contributed by atoms with Gasteiger partial charge in [-0.3, -0.25) is 19.6 Å². The second-order valence-electron chi connectivity index (χ2n) is 4.58. The van der Waals surface area contributed by atoms with Gasteiger partial charge in [0.2, 0.25) is 5.91 Å².